The molecular weight excluding hydrogens is 312 g/mol. The fraction of sp³-hybridized carbons (Fsp3) is 0.611. The zero-order valence-corrected chi connectivity index (χ0v) is 14.6. The van der Waals surface area contributed by atoms with Crippen molar-refractivity contribution in [3.05, 3.63) is 0 Å². The molecule has 0 saturated heterocycles. The first-order chi connectivity index (χ1) is 11.4. The normalized spacial score (nSPS) is 11.3. The van der Waals surface area contributed by atoms with Gasteiger partial charge in [0.1, 0.15) is 0 Å². The summed E-state index contributed by atoms with van der Waals surface area (Å²) < 4.78 is 15.0. The minimum Gasteiger partial charge on any atom is -0.465 e. The lowest BCUT2D eigenvalue weighted by molar-refractivity contribution is -0.171. The van der Waals surface area contributed by atoms with E-state index in [0.717, 1.165) is 0 Å². The Morgan fingerprint density at radius 1 is 1.04 bits per heavy atom. The molecule has 132 valence electrons. The smallest absolute Gasteiger partial charge is 0.325 e. The van der Waals surface area contributed by atoms with E-state index in [1.54, 1.807) is 20.8 Å². The van der Waals surface area contributed by atoms with Crippen LogP contribution in [-0.4, -0.2) is 37.2 Å². The summed E-state index contributed by atoms with van der Waals surface area (Å²) in [6.07, 6.45) is 4.82. The number of carbonyl (C=O) groups excluding carboxylic acids is 3. The molecule has 0 bridgehead atoms. The van der Waals surface area contributed by atoms with Gasteiger partial charge in [-0.05, 0) is 20.3 Å². The maximum Gasteiger partial charge on any atom is 0.325 e. The molecular formula is C18H24O6. The number of hydrogen-bond acceptors (Lipinski definition) is 6. The van der Waals surface area contributed by atoms with Gasteiger partial charge in [-0.1, -0.05) is 18.8 Å². The van der Waals surface area contributed by atoms with Crippen LogP contribution in [0.25, 0.3) is 0 Å². The van der Waals surface area contributed by atoms with Crippen molar-refractivity contribution in [3.63, 3.8) is 0 Å². The lowest BCUT2D eigenvalue weighted by Crippen LogP contribution is -2.41. The average Bonchev–Trinajstić information content (AvgIpc) is 2.52. The van der Waals surface area contributed by atoms with E-state index in [2.05, 4.69) is 17.8 Å². The van der Waals surface area contributed by atoms with Crippen LogP contribution in [0.5, 0.6) is 0 Å². The molecule has 0 amide bonds. The molecule has 6 nitrogen and oxygen atoms in total. The van der Waals surface area contributed by atoms with Crippen LogP contribution in [0, 0.1) is 29.6 Å². The molecule has 0 aromatic rings. The third kappa shape index (κ3) is 6.34. The maximum atomic E-state index is 12.3. The molecule has 0 N–H and O–H groups in total. The van der Waals surface area contributed by atoms with Crippen LogP contribution in [-0.2, 0) is 28.6 Å². The van der Waals surface area contributed by atoms with Crippen LogP contribution in [0.15, 0.2) is 0 Å². The quantitative estimate of drug-likeness (QED) is 0.291. The summed E-state index contributed by atoms with van der Waals surface area (Å²) in [5, 5.41) is 0. The summed E-state index contributed by atoms with van der Waals surface area (Å²) in [6, 6.07) is 0. The molecule has 0 rings (SSSR count). The van der Waals surface area contributed by atoms with Crippen molar-refractivity contribution in [2.75, 3.05) is 13.2 Å². The van der Waals surface area contributed by atoms with Crippen LogP contribution in [0.2, 0.25) is 0 Å². The summed E-state index contributed by atoms with van der Waals surface area (Å²) in [6.45, 7) is 6.54. The fourth-order valence-corrected chi connectivity index (χ4v) is 1.88. The second kappa shape index (κ2) is 11.1. The molecule has 1 atom stereocenters. The molecule has 0 aromatic heterocycles. The molecule has 0 radical (unpaired) electrons. The van der Waals surface area contributed by atoms with Crippen LogP contribution in [0.1, 0.15) is 47.0 Å². The largest absolute Gasteiger partial charge is 0.465 e. The van der Waals surface area contributed by atoms with E-state index >= 15 is 0 Å². The van der Waals surface area contributed by atoms with Gasteiger partial charge in [-0.25, -0.2) is 0 Å². The summed E-state index contributed by atoms with van der Waals surface area (Å²) in [5.41, 5.74) is -1.68. The zero-order chi connectivity index (χ0) is 18.6. The van der Waals surface area contributed by atoms with Crippen molar-refractivity contribution in [2.45, 2.75) is 53.1 Å². The van der Waals surface area contributed by atoms with Gasteiger partial charge in [0, 0.05) is 19.8 Å². The van der Waals surface area contributed by atoms with Gasteiger partial charge in [-0.15, -0.1) is 12.3 Å². The predicted molar refractivity (Wildman–Crippen MR) is 87.4 cm³/mol. The molecule has 0 aliphatic rings. The number of ether oxygens (including phenoxy) is 3. The number of hydrogen-bond donors (Lipinski definition) is 0. The molecule has 0 fully saturated rings. The molecule has 0 aliphatic carbocycles. The van der Waals surface area contributed by atoms with Crippen molar-refractivity contribution in [2.24, 2.45) is 5.41 Å². The van der Waals surface area contributed by atoms with Gasteiger partial charge in [-0.2, -0.15) is 0 Å². The molecule has 0 aromatic carbocycles. The van der Waals surface area contributed by atoms with E-state index in [1.165, 1.54) is 6.92 Å². The van der Waals surface area contributed by atoms with E-state index in [1.807, 2.05) is 0 Å². The van der Waals surface area contributed by atoms with Crippen LogP contribution in [0.4, 0.5) is 0 Å². The zero-order valence-electron chi connectivity index (χ0n) is 14.6. The Balaban J connectivity index is 5.54. The highest BCUT2D eigenvalue weighted by molar-refractivity contribution is 6.00. The molecule has 6 heteroatoms. The van der Waals surface area contributed by atoms with Crippen molar-refractivity contribution in [1.82, 2.24) is 0 Å². The summed E-state index contributed by atoms with van der Waals surface area (Å²) in [4.78, 5) is 35.6. The van der Waals surface area contributed by atoms with Crippen LogP contribution < -0.4 is 0 Å². The lowest BCUT2D eigenvalue weighted by atomic mass is 9.81. The Morgan fingerprint density at radius 2 is 1.58 bits per heavy atom. The van der Waals surface area contributed by atoms with Crippen LogP contribution in [0.3, 0.4) is 0 Å². The van der Waals surface area contributed by atoms with Crippen molar-refractivity contribution >= 4 is 17.9 Å². The predicted octanol–water partition coefficient (Wildman–Crippen LogP) is 1.86. The molecule has 0 saturated carbocycles. The summed E-state index contributed by atoms with van der Waals surface area (Å²) in [5.74, 6) is 5.78. The topological polar surface area (TPSA) is 78.9 Å². The van der Waals surface area contributed by atoms with Gasteiger partial charge in [0.05, 0.1) is 13.2 Å². The van der Waals surface area contributed by atoms with E-state index in [9.17, 15) is 14.4 Å². The number of terminal acetylenes is 1. The standard InChI is InChI=1S/C18H24O6/c1-6-12-18(16(20)22-8-3,17(21)23-9-4)13-10-11-15(7-2)24-14(5)19/h1,15H,7-9,12-13H2,2-5H3. The second-order valence-corrected chi connectivity index (χ2v) is 4.91. The number of carbonyl (C=O) groups is 3. The maximum absolute atomic E-state index is 12.3. The van der Waals surface area contributed by atoms with Gasteiger partial charge in [0.2, 0.25) is 0 Å². The van der Waals surface area contributed by atoms with E-state index in [4.69, 9.17) is 20.6 Å². The molecule has 24 heavy (non-hydrogen) atoms. The average molecular weight is 336 g/mol. The van der Waals surface area contributed by atoms with Crippen molar-refractivity contribution in [1.29, 1.82) is 0 Å². The van der Waals surface area contributed by atoms with Gasteiger partial charge in [0.25, 0.3) is 0 Å². The third-order valence-electron chi connectivity index (χ3n) is 3.07. The third-order valence-corrected chi connectivity index (χ3v) is 3.07. The van der Waals surface area contributed by atoms with Gasteiger partial charge in [-0.3, -0.25) is 14.4 Å². The second-order valence-electron chi connectivity index (χ2n) is 4.91. The minimum atomic E-state index is -1.68. The Kier molecular flexibility index (Phi) is 9.98. The SMILES string of the molecule is C#CCC(CC#CC(CC)OC(C)=O)(C(=O)OCC)C(=O)OCC. The van der Waals surface area contributed by atoms with E-state index < -0.39 is 29.4 Å². The van der Waals surface area contributed by atoms with Crippen LogP contribution >= 0.6 is 0 Å². The minimum absolute atomic E-state index is 0.100. The molecule has 0 aliphatic heterocycles. The van der Waals surface area contributed by atoms with Gasteiger partial charge in [0.15, 0.2) is 11.5 Å². The van der Waals surface area contributed by atoms with Gasteiger partial charge < -0.3 is 14.2 Å². The monoisotopic (exact) mass is 336 g/mol. The number of esters is 3. The molecule has 0 spiro atoms. The Bertz CT molecular complexity index is 528. The fourth-order valence-electron chi connectivity index (χ4n) is 1.88. The number of rotatable bonds is 8. The molecule has 1 unspecified atom stereocenters. The van der Waals surface area contributed by atoms with Crippen molar-refractivity contribution in [3.8, 4) is 24.2 Å². The highest BCUT2D eigenvalue weighted by atomic mass is 16.6. The highest BCUT2D eigenvalue weighted by Gasteiger charge is 2.48. The summed E-state index contributed by atoms with van der Waals surface area (Å²) in [7, 11) is 0. The van der Waals surface area contributed by atoms with Crippen molar-refractivity contribution < 1.29 is 28.6 Å². The van der Waals surface area contributed by atoms with E-state index in [-0.39, 0.29) is 26.1 Å². The Hall–Kier alpha value is -2.47. The molecule has 0 heterocycles. The lowest BCUT2D eigenvalue weighted by Gasteiger charge is -2.25. The first-order valence-electron chi connectivity index (χ1n) is 7.81. The van der Waals surface area contributed by atoms with E-state index in [0.29, 0.717) is 6.42 Å². The first kappa shape index (κ1) is 21.5. The van der Waals surface area contributed by atoms with Gasteiger partial charge >= 0.3 is 17.9 Å². The Labute approximate surface area is 143 Å². The first-order valence-corrected chi connectivity index (χ1v) is 7.81. The Morgan fingerprint density at radius 3 is 1.96 bits per heavy atom. The summed E-state index contributed by atoms with van der Waals surface area (Å²) >= 11 is 0. The highest BCUT2D eigenvalue weighted by Crippen LogP contribution is 2.30.